The Bertz CT molecular complexity index is 555. The Kier molecular flexibility index (Phi) is 5.70. The molecule has 1 fully saturated rings. The molecule has 0 bridgehead atoms. The van der Waals surface area contributed by atoms with Gasteiger partial charge in [0.05, 0.1) is 11.0 Å². The largest absolute Gasteiger partial charge is 0.369 e. The average molecular weight is 342 g/mol. The fourth-order valence-corrected chi connectivity index (χ4v) is 3.53. The van der Waals surface area contributed by atoms with Crippen LogP contribution in [-0.4, -0.2) is 31.6 Å². The molecule has 7 nitrogen and oxygen atoms in total. The molecule has 8 heteroatoms. The van der Waals surface area contributed by atoms with Crippen LogP contribution in [0.2, 0.25) is 0 Å². The smallest absolute Gasteiger partial charge is 0.312 e. The maximum atomic E-state index is 11.2. The Morgan fingerprint density at radius 3 is 2.78 bits per heavy atom. The number of hydrogen-bond acceptors (Lipinski definition) is 6. The number of nitro groups is 1. The average Bonchev–Trinajstić information content (AvgIpc) is 2.71. The van der Waals surface area contributed by atoms with Gasteiger partial charge < -0.3 is 4.74 Å². The third-order valence-electron chi connectivity index (χ3n) is 3.79. The molecule has 0 aromatic carbocycles. The second-order valence-electron chi connectivity index (χ2n) is 7.07. The highest BCUT2D eigenvalue weighted by Crippen LogP contribution is 2.35. The van der Waals surface area contributed by atoms with Crippen LogP contribution in [0.1, 0.15) is 58.8 Å². The van der Waals surface area contributed by atoms with Gasteiger partial charge in [0.2, 0.25) is 0 Å². The highest BCUT2D eigenvalue weighted by Gasteiger charge is 2.32. The molecule has 3 unspecified atom stereocenters. The highest BCUT2D eigenvalue weighted by atomic mass is 32.2. The lowest BCUT2D eigenvalue weighted by Gasteiger charge is -2.23. The molecule has 2 rings (SSSR count). The zero-order chi connectivity index (χ0) is 17.2. The van der Waals surface area contributed by atoms with Gasteiger partial charge in [-0.3, -0.25) is 19.5 Å². The predicted octanol–water partition coefficient (Wildman–Crippen LogP) is 3.36. The summed E-state index contributed by atoms with van der Waals surface area (Å²) in [4.78, 5) is 10.8. The summed E-state index contributed by atoms with van der Waals surface area (Å²) >= 11 is 1.73. The summed E-state index contributed by atoms with van der Waals surface area (Å²) in [5.74, 6) is 0. The van der Waals surface area contributed by atoms with Crippen LogP contribution in [0.4, 0.5) is 5.69 Å². The summed E-state index contributed by atoms with van der Waals surface area (Å²) in [6, 6.07) is 0.339. The molecular weight excluding hydrogens is 316 g/mol. The molecule has 1 saturated heterocycles. The minimum atomic E-state index is -0.383. The molecule has 0 amide bonds. The summed E-state index contributed by atoms with van der Waals surface area (Å²) in [7, 11) is 1.73. The SMILES string of the molecule is CC1CC(NSC(C)(C)C)CCC(c2c([N+](=O)[O-])cnn2C)O1. The quantitative estimate of drug-likeness (QED) is 0.513. The van der Waals surface area contributed by atoms with Gasteiger partial charge in [-0.05, 0) is 47.0 Å². The number of ether oxygens (including phenoxy) is 1. The van der Waals surface area contributed by atoms with E-state index in [0.717, 1.165) is 19.3 Å². The third-order valence-corrected chi connectivity index (χ3v) is 4.85. The van der Waals surface area contributed by atoms with Crippen LogP contribution in [0.15, 0.2) is 6.20 Å². The van der Waals surface area contributed by atoms with Gasteiger partial charge in [0.1, 0.15) is 18.0 Å². The van der Waals surface area contributed by atoms with E-state index in [2.05, 4.69) is 30.6 Å². The van der Waals surface area contributed by atoms with Gasteiger partial charge in [0, 0.05) is 17.8 Å². The Labute approximate surface area is 141 Å². The first kappa shape index (κ1) is 18.2. The molecule has 2 heterocycles. The fraction of sp³-hybridized carbons (Fsp3) is 0.800. The molecule has 23 heavy (non-hydrogen) atoms. The molecule has 1 aliphatic rings. The van der Waals surface area contributed by atoms with E-state index in [1.165, 1.54) is 6.20 Å². The van der Waals surface area contributed by atoms with Crippen molar-refractivity contribution in [3.05, 3.63) is 22.0 Å². The van der Waals surface area contributed by atoms with Crippen LogP contribution < -0.4 is 4.72 Å². The zero-order valence-corrected chi connectivity index (χ0v) is 15.2. The lowest BCUT2D eigenvalue weighted by atomic mass is 10.0. The first-order chi connectivity index (χ1) is 10.7. The molecule has 1 aliphatic heterocycles. The van der Waals surface area contributed by atoms with Gasteiger partial charge in [0.15, 0.2) is 0 Å². The summed E-state index contributed by atoms with van der Waals surface area (Å²) in [6.07, 6.45) is 3.61. The van der Waals surface area contributed by atoms with E-state index in [4.69, 9.17) is 4.74 Å². The number of rotatable bonds is 4. The van der Waals surface area contributed by atoms with E-state index in [1.54, 1.807) is 23.7 Å². The lowest BCUT2D eigenvalue weighted by Crippen LogP contribution is -2.29. The van der Waals surface area contributed by atoms with Gasteiger partial charge in [-0.25, -0.2) is 0 Å². The molecule has 130 valence electrons. The number of hydrogen-bond donors (Lipinski definition) is 1. The van der Waals surface area contributed by atoms with Crippen molar-refractivity contribution >= 4 is 17.6 Å². The number of aromatic nitrogens is 2. The summed E-state index contributed by atoms with van der Waals surface area (Å²) < 4.78 is 11.3. The molecule has 0 saturated carbocycles. The maximum absolute atomic E-state index is 11.2. The van der Waals surface area contributed by atoms with Crippen LogP contribution in [0.3, 0.4) is 0 Å². The van der Waals surface area contributed by atoms with E-state index in [0.29, 0.717) is 11.7 Å². The minimum absolute atomic E-state index is 0.0371. The van der Waals surface area contributed by atoms with Gasteiger partial charge in [-0.2, -0.15) is 5.10 Å². The van der Waals surface area contributed by atoms with E-state index >= 15 is 0 Å². The third kappa shape index (κ3) is 4.92. The topological polar surface area (TPSA) is 82.2 Å². The Hall–Kier alpha value is -1.12. The molecule has 1 aromatic heterocycles. The normalized spacial score (nSPS) is 26.0. The van der Waals surface area contributed by atoms with Crippen molar-refractivity contribution in [3.8, 4) is 0 Å². The Morgan fingerprint density at radius 2 is 2.17 bits per heavy atom. The second-order valence-corrected chi connectivity index (χ2v) is 8.74. The summed E-state index contributed by atoms with van der Waals surface area (Å²) in [5, 5.41) is 15.2. The van der Waals surface area contributed by atoms with Crippen molar-refractivity contribution in [2.45, 2.75) is 70.0 Å². The minimum Gasteiger partial charge on any atom is -0.369 e. The standard InChI is InChI=1S/C15H26N4O3S/c1-10-8-11(17-23-15(2,3)4)6-7-13(22-10)14-12(19(20)21)9-16-18(14)5/h9-11,13,17H,6-8H2,1-5H3. The number of aryl methyl sites for hydroxylation is 1. The molecular formula is C15H26N4O3S. The Balaban J connectivity index is 2.09. The molecule has 1 aromatic rings. The van der Waals surface area contributed by atoms with Gasteiger partial charge >= 0.3 is 5.69 Å². The molecule has 0 spiro atoms. The van der Waals surface area contributed by atoms with E-state index < -0.39 is 0 Å². The molecule has 0 aliphatic carbocycles. The summed E-state index contributed by atoms with van der Waals surface area (Å²) in [5.41, 5.74) is 0.603. The Morgan fingerprint density at radius 1 is 1.48 bits per heavy atom. The van der Waals surface area contributed by atoms with Crippen molar-refractivity contribution in [3.63, 3.8) is 0 Å². The molecule has 0 radical (unpaired) electrons. The van der Waals surface area contributed by atoms with Crippen molar-refractivity contribution in [2.24, 2.45) is 7.05 Å². The van der Waals surface area contributed by atoms with E-state index in [1.807, 2.05) is 6.92 Å². The predicted molar refractivity (Wildman–Crippen MR) is 91.3 cm³/mol. The zero-order valence-electron chi connectivity index (χ0n) is 14.4. The fourth-order valence-electron chi connectivity index (χ4n) is 2.79. The molecule has 3 atom stereocenters. The van der Waals surface area contributed by atoms with Crippen LogP contribution in [0, 0.1) is 10.1 Å². The van der Waals surface area contributed by atoms with Crippen LogP contribution in [-0.2, 0) is 11.8 Å². The number of nitrogens with zero attached hydrogens (tertiary/aromatic N) is 3. The van der Waals surface area contributed by atoms with Crippen molar-refractivity contribution in [1.82, 2.24) is 14.5 Å². The van der Waals surface area contributed by atoms with Crippen molar-refractivity contribution in [2.75, 3.05) is 0 Å². The van der Waals surface area contributed by atoms with Crippen molar-refractivity contribution in [1.29, 1.82) is 0 Å². The summed E-state index contributed by atoms with van der Waals surface area (Å²) in [6.45, 7) is 8.53. The first-order valence-corrected chi connectivity index (χ1v) is 8.74. The van der Waals surface area contributed by atoms with Gasteiger partial charge in [-0.15, -0.1) is 0 Å². The van der Waals surface area contributed by atoms with Crippen LogP contribution in [0.5, 0.6) is 0 Å². The first-order valence-electron chi connectivity index (χ1n) is 7.92. The second kappa shape index (κ2) is 7.19. The van der Waals surface area contributed by atoms with Gasteiger partial charge in [-0.1, -0.05) is 11.9 Å². The number of nitrogens with one attached hydrogen (secondary N) is 1. The van der Waals surface area contributed by atoms with E-state index in [9.17, 15) is 10.1 Å². The monoisotopic (exact) mass is 342 g/mol. The van der Waals surface area contributed by atoms with E-state index in [-0.39, 0.29) is 27.6 Å². The molecule has 1 N–H and O–H groups in total. The highest BCUT2D eigenvalue weighted by molar-refractivity contribution is 7.98. The van der Waals surface area contributed by atoms with Gasteiger partial charge in [0.25, 0.3) is 0 Å². The van der Waals surface area contributed by atoms with Crippen LogP contribution in [0.25, 0.3) is 0 Å². The van der Waals surface area contributed by atoms with Crippen molar-refractivity contribution < 1.29 is 9.66 Å². The maximum Gasteiger partial charge on any atom is 0.312 e. The lowest BCUT2D eigenvalue weighted by molar-refractivity contribution is -0.386. The van der Waals surface area contributed by atoms with Crippen LogP contribution >= 0.6 is 11.9 Å².